The molecule has 0 radical (unpaired) electrons. The third-order valence-electron chi connectivity index (χ3n) is 6.49. The minimum Gasteiger partial charge on any atom is -0.497 e. The van der Waals surface area contributed by atoms with Crippen LogP contribution in [-0.2, 0) is 19.4 Å². The van der Waals surface area contributed by atoms with Crippen LogP contribution in [0.25, 0.3) is 23.0 Å². The molecule has 2 amide bonds. The number of hydrogen-bond acceptors (Lipinski definition) is 7. The van der Waals surface area contributed by atoms with Gasteiger partial charge in [0, 0.05) is 15.6 Å². The monoisotopic (exact) mass is 592 g/mol. The normalized spacial score (nSPS) is 20.2. The molecule has 2 aromatic carbocycles. The number of nitriles is 1. The summed E-state index contributed by atoms with van der Waals surface area (Å²) in [6.07, 6.45) is 1.61. The maximum atomic E-state index is 13.9. The van der Waals surface area contributed by atoms with Gasteiger partial charge in [0.2, 0.25) is 0 Å². The molecule has 0 saturated carbocycles. The average Bonchev–Trinajstić information content (AvgIpc) is 3.51. The molecule has 10 heteroatoms. The zero-order chi connectivity index (χ0) is 27.0. The van der Waals surface area contributed by atoms with Crippen LogP contribution in [0.4, 0.5) is 0 Å². The fourth-order valence-corrected chi connectivity index (χ4v) is 6.77. The Morgan fingerprint density at radius 1 is 1.08 bits per heavy atom. The van der Waals surface area contributed by atoms with Crippen molar-refractivity contribution in [1.29, 1.82) is 5.26 Å². The number of nitrogens with zero attached hydrogens (tertiary/aromatic N) is 2. The minimum absolute atomic E-state index is 0.0609. The van der Waals surface area contributed by atoms with Crippen molar-refractivity contribution in [1.82, 2.24) is 4.90 Å². The fraction of sp³-hybridized carbons (Fsp3) is 0.179. The highest BCUT2D eigenvalue weighted by molar-refractivity contribution is 9.10. The largest absolute Gasteiger partial charge is 0.497 e. The third kappa shape index (κ3) is 4.83. The number of imide groups is 1. The van der Waals surface area contributed by atoms with Crippen LogP contribution in [0.2, 0.25) is 0 Å². The number of sulfone groups is 1. The Balaban J connectivity index is 1.66. The average molecular weight is 593 g/mol. The van der Waals surface area contributed by atoms with Crippen LogP contribution in [0.3, 0.4) is 0 Å². The summed E-state index contributed by atoms with van der Waals surface area (Å²) in [6.45, 7) is 0. The van der Waals surface area contributed by atoms with E-state index in [4.69, 9.17) is 9.15 Å². The van der Waals surface area contributed by atoms with Crippen molar-refractivity contribution in [2.75, 3.05) is 18.6 Å². The number of rotatable bonds is 5. The Kier molecular flexibility index (Phi) is 6.82. The second-order valence-electron chi connectivity index (χ2n) is 8.90. The first-order valence-corrected chi connectivity index (χ1v) is 14.3. The van der Waals surface area contributed by atoms with Gasteiger partial charge in [-0.25, -0.2) is 8.42 Å². The van der Waals surface area contributed by atoms with Crippen molar-refractivity contribution >= 4 is 49.2 Å². The number of halogens is 1. The summed E-state index contributed by atoms with van der Waals surface area (Å²) < 4.78 is 36.4. The van der Waals surface area contributed by atoms with Gasteiger partial charge in [-0.15, -0.1) is 0 Å². The van der Waals surface area contributed by atoms with Crippen LogP contribution in [0.15, 0.2) is 80.7 Å². The van der Waals surface area contributed by atoms with E-state index in [0.29, 0.717) is 22.8 Å². The van der Waals surface area contributed by atoms with E-state index < -0.39 is 27.7 Å². The quantitative estimate of drug-likeness (QED) is 0.313. The van der Waals surface area contributed by atoms with E-state index >= 15 is 0 Å². The van der Waals surface area contributed by atoms with E-state index in [0.717, 1.165) is 14.9 Å². The predicted molar refractivity (Wildman–Crippen MR) is 144 cm³/mol. The Morgan fingerprint density at radius 3 is 2.47 bits per heavy atom. The van der Waals surface area contributed by atoms with Crippen molar-refractivity contribution in [2.45, 2.75) is 12.5 Å². The summed E-state index contributed by atoms with van der Waals surface area (Å²) in [7, 11) is -1.88. The van der Waals surface area contributed by atoms with Gasteiger partial charge in [-0.05, 0) is 54.5 Å². The maximum absolute atomic E-state index is 13.9. The summed E-state index contributed by atoms with van der Waals surface area (Å²) >= 11 is 3.44. The van der Waals surface area contributed by atoms with Crippen LogP contribution < -0.4 is 4.74 Å². The lowest BCUT2D eigenvalue weighted by atomic mass is 9.87. The van der Waals surface area contributed by atoms with Crippen molar-refractivity contribution < 1.29 is 27.2 Å². The molecule has 5 rings (SSSR count). The Hall–Kier alpha value is -3.94. The van der Waals surface area contributed by atoms with Gasteiger partial charge >= 0.3 is 0 Å². The molecule has 2 aliphatic rings. The number of carbonyl (C=O) groups is 2. The molecule has 1 saturated heterocycles. The standard InChI is InChI=1S/C28H21BrN2O6S/c1-36-21-7-5-17(6-8-21)26-23(14-22-9-10-25(37-22)18-3-2-4-19(29)13-18)27(32)31(28(33)24(26)15-30)20-11-12-38(34,35)16-20/h2-10,13-14,20H,11-12,16H2,1H3/b23-14-. The van der Waals surface area contributed by atoms with Crippen LogP contribution in [0.5, 0.6) is 5.75 Å². The Morgan fingerprint density at radius 2 is 1.84 bits per heavy atom. The summed E-state index contributed by atoms with van der Waals surface area (Å²) in [5.74, 6) is -0.485. The molecule has 0 N–H and O–H groups in total. The van der Waals surface area contributed by atoms with Crippen LogP contribution >= 0.6 is 15.9 Å². The maximum Gasteiger partial charge on any atom is 0.272 e. The van der Waals surface area contributed by atoms with Crippen LogP contribution in [0, 0.1) is 11.3 Å². The molecule has 3 heterocycles. The molecule has 38 heavy (non-hydrogen) atoms. The van der Waals surface area contributed by atoms with Gasteiger partial charge < -0.3 is 9.15 Å². The van der Waals surface area contributed by atoms with Crippen molar-refractivity contribution in [3.8, 4) is 23.1 Å². The Labute approximate surface area is 227 Å². The smallest absolute Gasteiger partial charge is 0.272 e. The van der Waals surface area contributed by atoms with Gasteiger partial charge in [0.1, 0.15) is 28.9 Å². The van der Waals surface area contributed by atoms with E-state index in [1.807, 2.05) is 30.3 Å². The van der Waals surface area contributed by atoms with Crippen molar-refractivity contribution in [3.63, 3.8) is 0 Å². The number of hydrogen-bond donors (Lipinski definition) is 0. The molecule has 8 nitrogen and oxygen atoms in total. The molecule has 0 bridgehead atoms. The molecule has 192 valence electrons. The minimum atomic E-state index is -3.40. The zero-order valence-corrected chi connectivity index (χ0v) is 22.6. The number of furan rings is 1. The Bertz CT molecular complexity index is 1660. The summed E-state index contributed by atoms with van der Waals surface area (Å²) in [6, 6.07) is 18.7. The molecule has 2 aliphatic heterocycles. The molecule has 1 aromatic heterocycles. The molecule has 1 unspecified atom stereocenters. The van der Waals surface area contributed by atoms with E-state index in [2.05, 4.69) is 15.9 Å². The molecular formula is C28H21BrN2O6S. The molecule has 1 fully saturated rings. The van der Waals surface area contributed by atoms with Crippen LogP contribution in [0.1, 0.15) is 17.7 Å². The van der Waals surface area contributed by atoms with Gasteiger partial charge in [0.25, 0.3) is 11.8 Å². The van der Waals surface area contributed by atoms with E-state index in [1.165, 1.54) is 13.2 Å². The molecule has 0 aliphatic carbocycles. The van der Waals surface area contributed by atoms with Crippen LogP contribution in [-0.4, -0.2) is 49.8 Å². The first kappa shape index (κ1) is 25.7. The van der Waals surface area contributed by atoms with Gasteiger partial charge in [-0.1, -0.05) is 40.2 Å². The second kappa shape index (κ2) is 10.1. The number of carbonyl (C=O) groups excluding carboxylic acids is 2. The van der Waals surface area contributed by atoms with Gasteiger partial charge in [0.05, 0.1) is 30.2 Å². The SMILES string of the molecule is COc1ccc(C2=C(C#N)C(=O)N(C3CCS(=O)(=O)C3)C(=O)/C2=C\c2ccc(-c3cccc(Br)c3)o2)cc1. The summed E-state index contributed by atoms with van der Waals surface area (Å²) in [5, 5.41) is 10.0. The zero-order valence-electron chi connectivity index (χ0n) is 20.2. The van der Waals surface area contributed by atoms with Gasteiger partial charge in [-0.2, -0.15) is 5.26 Å². The molecular weight excluding hydrogens is 572 g/mol. The lowest BCUT2D eigenvalue weighted by Gasteiger charge is -2.32. The predicted octanol–water partition coefficient (Wildman–Crippen LogP) is 4.63. The van der Waals surface area contributed by atoms with Gasteiger partial charge in [0.15, 0.2) is 9.84 Å². The first-order chi connectivity index (χ1) is 18.2. The molecule has 3 aromatic rings. The van der Waals surface area contributed by atoms with Gasteiger partial charge in [-0.3, -0.25) is 14.5 Å². The number of amides is 2. The first-order valence-electron chi connectivity index (χ1n) is 11.7. The third-order valence-corrected chi connectivity index (χ3v) is 8.73. The van der Waals surface area contributed by atoms with E-state index in [-0.39, 0.29) is 34.6 Å². The topological polar surface area (TPSA) is 118 Å². The summed E-state index contributed by atoms with van der Waals surface area (Å²) in [4.78, 5) is 28.2. The lowest BCUT2D eigenvalue weighted by molar-refractivity contribution is -0.142. The number of benzene rings is 2. The van der Waals surface area contributed by atoms with E-state index in [9.17, 15) is 23.3 Å². The van der Waals surface area contributed by atoms with Crippen molar-refractivity contribution in [3.05, 3.63) is 87.6 Å². The molecule has 0 spiro atoms. The number of methoxy groups -OCH3 is 1. The van der Waals surface area contributed by atoms with Crippen molar-refractivity contribution in [2.24, 2.45) is 0 Å². The second-order valence-corrected chi connectivity index (χ2v) is 12.0. The fourth-order valence-electron chi connectivity index (χ4n) is 4.67. The van der Waals surface area contributed by atoms with E-state index in [1.54, 1.807) is 36.4 Å². The highest BCUT2D eigenvalue weighted by Gasteiger charge is 2.45. The lowest BCUT2D eigenvalue weighted by Crippen LogP contribution is -2.49. The molecule has 1 atom stereocenters. The number of ether oxygens (including phenoxy) is 1. The highest BCUT2D eigenvalue weighted by Crippen LogP contribution is 2.38. The summed E-state index contributed by atoms with van der Waals surface area (Å²) in [5.41, 5.74) is 1.25. The highest BCUT2D eigenvalue weighted by atomic mass is 79.9.